The summed E-state index contributed by atoms with van der Waals surface area (Å²) in [7, 11) is 0. The highest BCUT2D eigenvalue weighted by Gasteiger charge is 2.13. The maximum absolute atomic E-state index is 10.6. The molecule has 1 heterocycles. The van der Waals surface area contributed by atoms with Crippen molar-refractivity contribution in [1.82, 2.24) is 5.32 Å². The summed E-state index contributed by atoms with van der Waals surface area (Å²) in [6.45, 7) is 2.05. The maximum atomic E-state index is 10.6. The van der Waals surface area contributed by atoms with E-state index in [0.717, 1.165) is 16.9 Å². The fourth-order valence-corrected chi connectivity index (χ4v) is 2.44. The van der Waals surface area contributed by atoms with Crippen LogP contribution in [-0.2, 0) is 4.79 Å². The van der Waals surface area contributed by atoms with Gasteiger partial charge in [0.1, 0.15) is 0 Å². The van der Waals surface area contributed by atoms with Crippen LogP contribution in [0.1, 0.15) is 22.0 Å². The number of hydrogen-bond acceptors (Lipinski definition) is 2. The SMILES string of the molecule is Cc1ccc([C@H](NC=O)c2cccs2)cc1. The van der Waals surface area contributed by atoms with Crippen molar-refractivity contribution in [3.8, 4) is 0 Å². The van der Waals surface area contributed by atoms with Gasteiger partial charge in [0, 0.05) is 4.88 Å². The van der Waals surface area contributed by atoms with Gasteiger partial charge in [-0.15, -0.1) is 11.3 Å². The molecule has 1 aromatic heterocycles. The summed E-state index contributed by atoms with van der Waals surface area (Å²) in [6, 6.07) is 12.2. The Balaban J connectivity index is 2.32. The summed E-state index contributed by atoms with van der Waals surface area (Å²) >= 11 is 1.65. The van der Waals surface area contributed by atoms with Crippen LogP contribution in [0.15, 0.2) is 41.8 Å². The molecule has 1 atom stereocenters. The molecule has 0 bridgehead atoms. The molecule has 0 radical (unpaired) electrons. The lowest BCUT2D eigenvalue weighted by atomic mass is 10.0. The molecular formula is C13H13NOS. The molecule has 0 aliphatic carbocycles. The summed E-state index contributed by atoms with van der Waals surface area (Å²) in [5.74, 6) is 0. The molecule has 2 rings (SSSR count). The van der Waals surface area contributed by atoms with E-state index in [1.54, 1.807) is 11.3 Å². The van der Waals surface area contributed by atoms with Crippen LogP contribution >= 0.6 is 11.3 Å². The Kier molecular flexibility index (Phi) is 3.37. The standard InChI is InChI=1S/C13H13NOS/c1-10-4-6-11(7-5-10)13(14-9-15)12-3-2-8-16-12/h2-9,13H,1H3,(H,14,15)/t13-/m0/s1. The Morgan fingerprint density at radius 1 is 1.25 bits per heavy atom. The van der Waals surface area contributed by atoms with Crippen molar-refractivity contribution in [2.24, 2.45) is 0 Å². The molecule has 0 aliphatic heterocycles. The molecule has 0 saturated carbocycles. The average Bonchev–Trinajstić information content (AvgIpc) is 2.81. The first-order valence-electron chi connectivity index (χ1n) is 5.11. The van der Waals surface area contributed by atoms with E-state index in [9.17, 15) is 4.79 Å². The van der Waals surface area contributed by atoms with E-state index in [-0.39, 0.29) is 6.04 Å². The van der Waals surface area contributed by atoms with Crippen molar-refractivity contribution in [2.75, 3.05) is 0 Å². The van der Waals surface area contributed by atoms with Gasteiger partial charge in [-0.3, -0.25) is 4.79 Å². The zero-order valence-electron chi connectivity index (χ0n) is 9.01. The number of aryl methyl sites for hydroxylation is 1. The molecule has 16 heavy (non-hydrogen) atoms. The predicted octanol–water partition coefficient (Wildman–Crippen LogP) is 2.89. The zero-order chi connectivity index (χ0) is 11.4. The Hall–Kier alpha value is -1.61. The van der Waals surface area contributed by atoms with Crippen LogP contribution in [0.4, 0.5) is 0 Å². The van der Waals surface area contributed by atoms with Crippen LogP contribution in [0.3, 0.4) is 0 Å². The normalized spacial score (nSPS) is 12.1. The third-order valence-corrected chi connectivity index (χ3v) is 3.41. The molecule has 0 spiro atoms. The molecule has 82 valence electrons. The van der Waals surface area contributed by atoms with Gasteiger partial charge < -0.3 is 5.32 Å². The van der Waals surface area contributed by atoms with Crippen LogP contribution in [0.2, 0.25) is 0 Å². The molecule has 2 nitrogen and oxygen atoms in total. The fraction of sp³-hybridized carbons (Fsp3) is 0.154. The van der Waals surface area contributed by atoms with Crippen molar-refractivity contribution in [3.63, 3.8) is 0 Å². The largest absolute Gasteiger partial charge is 0.347 e. The minimum atomic E-state index is -0.0295. The predicted molar refractivity (Wildman–Crippen MR) is 66.5 cm³/mol. The van der Waals surface area contributed by atoms with Crippen LogP contribution in [0.25, 0.3) is 0 Å². The monoisotopic (exact) mass is 231 g/mol. The van der Waals surface area contributed by atoms with E-state index in [4.69, 9.17) is 0 Å². The lowest BCUT2D eigenvalue weighted by Crippen LogP contribution is -2.19. The van der Waals surface area contributed by atoms with Gasteiger partial charge in [0.2, 0.25) is 6.41 Å². The average molecular weight is 231 g/mol. The van der Waals surface area contributed by atoms with Crippen molar-refractivity contribution >= 4 is 17.7 Å². The molecule has 2 aromatic rings. The van der Waals surface area contributed by atoms with Crippen molar-refractivity contribution < 1.29 is 4.79 Å². The Morgan fingerprint density at radius 2 is 2.00 bits per heavy atom. The second kappa shape index (κ2) is 4.94. The Morgan fingerprint density at radius 3 is 2.56 bits per heavy atom. The first kappa shape index (κ1) is 10.9. The Labute approximate surface area is 98.9 Å². The fourth-order valence-electron chi connectivity index (χ4n) is 1.63. The smallest absolute Gasteiger partial charge is 0.207 e. The van der Waals surface area contributed by atoms with Gasteiger partial charge in [-0.2, -0.15) is 0 Å². The van der Waals surface area contributed by atoms with Gasteiger partial charge in [-0.1, -0.05) is 35.9 Å². The third kappa shape index (κ3) is 2.31. The van der Waals surface area contributed by atoms with Gasteiger partial charge in [0.25, 0.3) is 0 Å². The highest BCUT2D eigenvalue weighted by atomic mass is 32.1. The van der Waals surface area contributed by atoms with E-state index in [2.05, 4.69) is 36.5 Å². The lowest BCUT2D eigenvalue weighted by Gasteiger charge is -2.15. The number of hydrogen-bond donors (Lipinski definition) is 1. The summed E-state index contributed by atoms with van der Waals surface area (Å²) in [6.07, 6.45) is 0.754. The molecule has 3 heteroatoms. The number of thiophene rings is 1. The topological polar surface area (TPSA) is 29.1 Å². The number of amides is 1. The maximum Gasteiger partial charge on any atom is 0.207 e. The van der Waals surface area contributed by atoms with Crippen molar-refractivity contribution in [1.29, 1.82) is 0 Å². The molecule has 0 saturated heterocycles. The van der Waals surface area contributed by atoms with E-state index in [0.29, 0.717) is 0 Å². The second-order valence-electron chi connectivity index (χ2n) is 3.64. The molecule has 0 fully saturated rings. The van der Waals surface area contributed by atoms with Gasteiger partial charge in [-0.05, 0) is 23.9 Å². The van der Waals surface area contributed by atoms with Gasteiger partial charge in [-0.25, -0.2) is 0 Å². The van der Waals surface area contributed by atoms with Crippen molar-refractivity contribution in [2.45, 2.75) is 13.0 Å². The molecule has 1 aromatic carbocycles. The van der Waals surface area contributed by atoms with Crippen LogP contribution in [0, 0.1) is 6.92 Å². The molecule has 0 unspecified atom stereocenters. The number of nitrogens with one attached hydrogen (secondary N) is 1. The number of carbonyl (C=O) groups is 1. The number of carbonyl (C=O) groups excluding carboxylic acids is 1. The highest BCUT2D eigenvalue weighted by molar-refractivity contribution is 7.10. The van der Waals surface area contributed by atoms with E-state index < -0.39 is 0 Å². The second-order valence-corrected chi connectivity index (χ2v) is 4.62. The highest BCUT2D eigenvalue weighted by Crippen LogP contribution is 2.25. The molecule has 0 aliphatic rings. The summed E-state index contributed by atoms with van der Waals surface area (Å²) in [5.41, 5.74) is 2.33. The summed E-state index contributed by atoms with van der Waals surface area (Å²) < 4.78 is 0. The molecule has 1 amide bonds. The number of rotatable bonds is 4. The first-order chi connectivity index (χ1) is 7.81. The van der Waals surface area contributed by atoms with Crippen LogP contribution in [0.5, 0.6) is 0 Å². The summed E-state index contributed by atoms with van der Waals surface area (Å²) in [4.78, 5) is 11.8. The first-order valence-corrected chi connectivity index (χ1v) is 5.99. The minimum Gasteiger partial charge on any atom is -0.347 e. The van der Waals surface area contributed by atoms with Gasteiger partial charge in [0.15, 0.2) is 0 Å². The van der Waals surface area contributed by atoms with Gasteiger partial charge in [0.05, 0.1) is 6.04 Å². The van der Waals surface area contributed by atoms with Crippen LogP contribution in [-0.4, -0.2) is 6.41 Å². The van der Waals surface area contributed by atoms with Crippen LogP contribution < -0.4 is 5.32 Å². The van der Waals surface area contributed by atoms with Crippen molar-refractivity contribution in [3.05, 3.63) is 57.8 Å². The quantitative estimate of drug-likeness (QED) is 0.805. The summed E-state index contributed by atoms with van der Waals surface area (Å²) in [5, 5.41) is 4.87. The minimum absolute atomic E-state index is 0.0295. The van der Waals surface area contributed by atoms with E-state index >= 15 is 0 Å². The van der Waals surface area contributed by atoms with E-state index in [1.165, 1.54) is 5.56 Å². The molecule has 1 N–H and O–H groups in total. The zero-order valence-corrected chi connectivity index (χ0v) is 9.83. The van der Waals surface area contributed by atoms with E-state index in [1.807, 2.05) is 17.5 Å². The lowest BCUT2D eigenvalue weighted by molar-refractivity contribution is -0.109. The van der Waals surface area contributed by atoms with Gasteiger partial charge >= 0.3 is 0 Å². The Bertz CT molecular complexity index is 447. The number of benzene rings is 1. The molecular weight excluding hydrogens is 218 g/mol. The third-order valence-electron chi connectivity index (χ3n) is 2.47.